The second-order valence-electron chi connectivity index (χ2n) is 7.02. The molecule has 166 valence electrons. The number of ether oxygens (including phenoxy) is 1. The summed E-state index contributed by atoms with van der Waals surface area (Å²) in [6, 6.07) is 5.60. The molecular formula is C21H27FN6O2S. The monoisotopic (exact) mass is 446 g/mol. The van der Waals surface area contributed by atoms with Gasteiger partial charge in [-0.05, 0) is 25.1 Å². The van der Waals surface area contributed by atoms with Crippen molar-refractivity contribution < 1.29 is 13.9 Å². The SMILES string of the molecule is CCOCCNc1nc(SC(C)C)nc2c1cnn2CCNC(=O)c1cccc(F)c1. The highest BCUT2D eigenvalue weighted by atomic mass is 32.2. The lowest BCUT2D eigenvalue weighted by atomic mass is 10.2. The summed E-state index contributed by atoms with van der Waals surface area (Å²) in [7, 11) is 0. The van der Waals surface area contributed by atoms with Gasteiger partial charge >= 0.3 is 0 Å². The zero-order chi connectivity index (χ0) is 22.2. The van der Waals surface area contributed by atoms with E-state index in [0.29, 0.717) is 54.7 Å². The van der Waals surface area contributed by atoms with Crippen LogP contribution in [-0.4, -0.2) is 57.2 Å². The lowest BCUT2D eigenvalue weighted by Crippen LogP contribution is -2.27. The molecule has 0 aliphatic rings. The van der Waals surface area contributed by atoms with Crippen molar-refractivity contribution in [1.82, 2.24) is 25.1 Å². The molecule has 1 amide bonds. The molecule has 2 N–H and O–H groups in total. The first kappa shape index (κ1) is 23.0. The van der Waals surface area contributed by atoms with Gasteiger partial charge in [-0.1, -0.05) is 31.7 Å². The molecule has 0 aliphatic carbocycles. The van der Waals surface area contributed by atoms with Crippen LogP contribution in [0.1, 0.15) is 31.1 Å². The first-order valence-electron chi connectivity index (χ1n) is 10.2. The molecule has 0 saturated heterocycles. The Hall–Kier alpha value is -2.72. The van der Waals surface area contributed by atoms with Crippen LogP contribution >= 0.6 is 11.8 Å². The molecule has 31 heavy (non-hydrogen) atoms. The number of fused-ring (bicyclic) bond motifs is 1. The fourth-order valence-corrected chi connectivity index (χ4v) is 3.60. The van der Waals surface area contributed by atoms with E-state index in [2.05, 4.69) is 39.5 Å². The van der Waals surface area contributed by atoms with E-state index in [0.717, 1.165) is 5.39 Å². The number of rotatable bonds is 11. The number of aromatic nitrogens is 4. The molecule has 0 bridgehead atoms. The average molecular weight is 447 g/mol. The summed E-state index contributed by atoms with van der Waals surface area (Å²) in [4.78, 5) is 21.5. The fraction of sp³-hybridized carbons (Fsp3) is 0.429. The van der Waals surface area contributed by atoms with E-state index in [9.17, 15) is 9.18 Å². The maximum atomic E-state index is 13.3. The van der Waals surface area contributed by atoms with Crippen molar-refractivity contribution in [1.29, 1.82) is 0 Å². The maximum absolute atomic E-state index is 13.3. The largest absolute Gasteiger partial charge is 0.380 e. The molecule has 2 heterocycles. The van der Waals surface area contributed by atoms with Crippen LogP contribution in [0.2, 0.25) is 0 Å². The molecule has 3 aromatic rings. The van der Waals surface area contributed by atoms with Crippen molar-refractivity contribution in [3.05, 3.63) is 41.8 Å². The van der Waals surface area contributed by atoms with Crippen LogP contribution in [0.25, 0.3) is 11.0 Å². The Morgan fingerprint density at radius 3 is 2.87 bits per heavy atom. The van der Waals surface area contributed by atoms with Gasteiger partial charge in [-0.2, -0.15) is 5.10 Å². The minimum Gasteiger partial charge on any atom is -0.380 e. The summed E-state index contributed by atoms with van der Waals surface area (Å²) in [5.74, 6) is -0.0650. The third-order valence-corrected chi connectivity index (χ3v) is 5.12. The minimum atomic E-state index is -0.443. The van der Waals surface area contributed by atoms with E-state index in [1.807, 2.05) is 6.92 Å². The Morgan fingerprint density at radius 2 is 2.13 bits per heavy atom. The Morgan fingerprint density at radius 1 is 1.29 bits per heavy atom. The molecule has 10 heteroatoms. The third-order valence-electron chi connectivity index (χ3n) is 4.26. The van der Waals surface area contributed by atoms with Gasteiger partial charge in [0.25, 0.3) is 5.91 Å². The zero-order valence-corrected chi connectivity index (χ0v) is 18.7. The smallest absolute Gasteiger partial charge is 0.251 e. The van der Waals surface area contributed by atoms with Crippen LogP contribution in [-0.2, 0) is 11.3 Å². The van der Waals surface area contributed by atoms with Crippen LogP contribution in [0.3, 0.4) is 0 Å². The van der Waals surface area contributed by atoms with Crippen molar-refractivity contribution >= 4 is 34.5 Å². The average Bonchev–Trinajstić information content (AvgIpc) is 3.13. The van der Waals surface area contributed by atoms with E-state index in [1.54, 1.807) is 28.7 Å². The number of halogens is 1. The Labute approximate surface area is 185 Å². The minimum absolute atomic E-state index is 0.282. The van der Waals surface area contributed by atoms with Crippen molar-refractivity contribution in [2.24, 2.45) is 0 Å². The van der Waals surface area contributed by atoms with Gasteiger partial charge in [0.2, 0.25) is 0 Å². The van der Waals surface area contributed by atoms with E-state index in [4.69, 9.17) is 4.74 Å². The molecular weight excluding hydrogens is 419 g/mol. The van der Waals surface area contributed by atoms with Crippen LogP contribution in [0.4, 0.5) is 10.2 Å². The van der Waals surface area contributed by atoms with E-state index in [-0.39, 0.29) is 11.5 Å². The molecule has 0 aliphatic heterocycles. The lowest BCUT2D eigenvalue weighted by molar-refractivity contribution is 0.0951. The van der Waals surface area contributed by atoms with E-state index < -0.39 is 5.82 Å². The standard InChI is InChI=1S/C21H27FN6O2S/c1-4-30-11-9-23-18-17-13-25-28(19(17)27-21(26-18)31-14(2)3)10-8-24-20(29)15-6-5-7-16(22)12-15/h5-7,12-14H,4,8-11H2,1-3H3,(H,24,29)(H,23,26,27). The highest BCUT2D eigenvalue weighted by molar-refractivity contribution is 7.99. The van der Waals surface area contributed by atoms with Gasteiger partial charge in [0, 0.05) is 30.5 Å². The Kier molecular flexibility index (Phi) is 8.19. The van der Waals surface area contributed by atoms with E-state index in [1.165, 1.54) is 18.2 Å². The first-order valence-corrected chi connectivity index (χ1v) is 11.1. The van der Waals surface area contributed by atoms with Crippen LogP contribution in [0.5, 0.6) is 0 Å². The highest BCUT2D eigenvalue weighted by Gasteiger charge is 2.14. The van der Waals surface area contributed by atoms with Gasteiger partial charge < -0.3 is 15.4 Å². The molecule has 1 aromatic carbocycles. The number of hydrogen-bond donors (Lipinski definition) is 2. The molecule has 8 nitrogen and oxygen atoms in total. The van der Waals surface area contributed by atoms with Crippen molar-refractivity contribution in [2.75, 3.05) is 31.6 Å². The molecule has 0 radical (unpaired) electrons. The molecule has 0 saturated carbocycles. The number of hydrogen-bond acceptors (Lipinski definition) is 7. The normalized spacial score (nSPS) is 11.3. The molecule has 0 spiro atoms. The third kappa shape index (κ3) is 6.38. The molecule has 0 atom stereocenters. The number of carbonyl (C=O) groups excluding carboxylic acids is 1. The number of carbonyl (C=O) groups is 1. The zero-order valence-electron chi connectivity index (χ0n) is 17.9. The van der Waals surface area contributed by atoms with Crippen LogP contribution in [0, 0.1) is 5.82 Å². The van der Waals surface area contributed by atoms with Gasteiger partial charge in [-0.15, -0.1) is 0 Å². The number of benzene rings is 1. The summed E-state index contributed by atoms with van der Waals surface area (Å²) >= 11 is 1.57. The lowest BCUT2D eigenvalue weighted by Gasteiger charge is -2.11. The molecule has 3 rings (SSSR count). The van der Waals surface area contributed by atoms with Crippen LogP contribution in [0.15, 0.2) is 35.6 Å². The van der Waals surface area contributed by atoms with Gasteiger partial charge in [0.05, 0.1) is 24.7 Å². The number of nitrogens with zero attached hydrogens (tertiary/aromatic N) is 4. The molecule has 0 fully saturated rings. The number of anilines is 1. The number of thioether (sulfide) groups is 1. The predicted octanol–water partition coefficient (Wildman–Crippen LogP) is 3.34. The first-order chi connectivity index (χ1) is 15.0. The molecule has 2 aromatic heterocycles. The Bertz CT molecular complexity index is 1030. The van der Waals surface area contributed by atoms with E-state index >= 15 is 0 Å². The van der Waals surface area contributed by atoms with Gasteiger partial charge in [0.1, 0.15) is 11.6 Å². The van der Waals surface area contributed by atoms with Crippen LogP contribution < -0.4 is 10.6 Å². The summed E-state index contributed by atoms with van der Waals surface area (Å²) in [5, 5.41) is 12.3. The number of amides is 1. The number of nitrogens with one attached hydrogen (secondary N) is 2. The molecule has 0 unspecified atom stereocenters. The van der Waals surface area contributed by atoms with Crippen molar-refractivity contribution in [2.45, 2.75) is 37.7 Å². The van der Waals surface area contributed by atoms with Gasteiger partial charge in [0.15, 0.2) is 10.8 Å². The van der Waals surface area contributed by atoms with Gasteiger partial charge in [-0.25, -0.2) is 19.0 Å². The van der Waals surface area contributed by atoms with Gasteiger partial charge in [-0.3, -0.25) is 4.79 Å². The summed E-state index contributed by atoms with van der Waals surface area (Å²) < 4.78 is 20.4. The fourth-order valence-electron chi connectivity index (χ4n) is 2.89. The predicted molar refractivity (Wildman–Crippen MR) is 120 cm³/mol. The van der Waals surface area contributed by atoms with Crippen molar-refractivity contribution in [3.8, 4) is 0 Å². The highest BCUT2D eigenvalue weighted by Crippen LogP contribution is 2.26. The topological polar surface area (TPSA) is 94.0 Å². The summed E-state index contributed by atoms with van der Waals surface area (Å²) in [5.41, 5.74) is 0.973. The van der Waals surface area contributed by atoms with Crippen molar-refractivity contribution in [3.63, 3.8) is 0 Å². The summed E-state index contributed by atoms with van der Waals surface area (Å²) in [6.45, 7) is 8.74. The Balaban J connectivity index is 1.73. The quantitative estimate of drug-likeness (QED) is 0.265. The second-order valence-corrected chi connectivity index (χ2v) is 8.56. The maximum Gasteiger partial charge on any atom is 0.251 e. The summed E-state index contributed by atoms with van der Waals surface area (Å²) in [6.07, 6.45) is 1.72. The second kappa shape index (κ2) is 11.1.